The minimum atomic E-state index is -4.18. The predicted octanol–water partition coefficient (Wildman–Crippen LogP) is 5.34. The topological polar surface area (TPSA) is 165 Å². The summed E-state index contributed by atoms with van der Waals surface area (Å²) in [6.45, 7) is 10.0. The number of nitrogen functional groups attached to an aromatic ring is 1. The quantitative estimate of drug-likeness (QED) is 0.127. The predicted molar refractivity (Wildman–Crippen MR) is 173 cm³/mol. The van der Waals surface area contributed by atoms with Gasteiger partial charge in [-0.1, -0.05) is 64.1 Å². The van der Waals surface area contributed by atoms with Crippen molar-refractivity contribution in [1.29, 1.82) is 0 Å². The van der Waals surface area contributed by atoms with Crippen LogP contribution in [0.1, 0.15) is 47.3 Å². The van der Waals surface area contributed by atoms with E-state index in [-0.39, 0.29) is 30.5 Å². The smallest absolute Gasteiger partial charge is 0.412 e. The standard InChI is InChI=1S/C31H42N7O6P/c1-20-14-22(43-28(20)38-19-34-25-26(33-6)35-29(32)36-27(25)38)15-42-45(40,37-31(5,16-39)18-41-17-30(2,3)4)44-24-13-9-11-21-10-7-8-12-23(21)24/h7-13,16,19-20,22,28H,14-15,17-18H2,1-6H3,(H,37,40)(H3,32,33,35,36)/t20-,22-,28+,31-,45-/m0/s1. The number of carbonyl (C=O) groups is 1. The Morgan fingerprint density at radius 2 is 1.89 bits per heavy atom. The number of rotatable bonds is 13. The maximum atomic E-state index is 14.5. The summed E-state index contributed by atoms with van der Waals surface area (Å²) >= 11 is 0. The Balaban J connectivity index is 1.37. The van der Waals surface area contributed by atoms with Gasteiger partial charge in [-0.3, -0.25) is 9.09 Å². The van der Waals surface area contributed by atoms with Crippen LogP contribution >= 0.6 is 7.75 Å². The van der Waals surface area contributed by atoms with Gasteiger partial charge in [0.2, 0.25) is 5.95 Å². The molecule has 2 aromatic carbocycles. The fourth-order valence-electron chi connectivity index (χ4n) is 5.30. The van der Waals surface area contributed by atoms with Crippen LogP contribution in [0.3, 0.4) is 0 Å². The van der Waals surface area contributed by atoms with Gasteiger partial charge in [-0.2, -0.15) is 15.1 Å². The molecule has 0 unspecified atom stereocenters. The molecule has 0 radical (unpaired) electrons. The number of hydrogen-bond donors (Lipinski definition) is 3. The van der Waals surface area contributed by atoms with E-state index in [9.17, 15) is 9.36 Å². The Kier molecular flexibility index (Phi) is 9.48. The van der Waals surface area contributed by atoms with Crippen LogP contribution in [0, 0.1) is 11.3 Å². The summed E-state index contributed by atoms with van der Waals surface area (Å²) in [7, 11) is -2.44. The molecule has 242 valence electrons. The van der Waals surface area contributed by atoms with Gasteiger partial charge in [-0.15, -0.1) is 0 Å². The van der Waals surface area contributed by atoms with Crippen LogP contribution in [-0.4, -0.2) is 64.3 Å². The average molecular weight is 640 g/mol. The number of aldehydes is 1. The Labute approximate surface area is 262 Å². The molecule has 4 aromatic rings. The normalized spacial score (nSPS) is 21.4. The summed E-state index contributed by atoms with van der Waals surface area (Å²) in [6, 6.07) is 13.1. The van der Waals surface area contributed by atoms with Crippen LogP contribution in [0.4, 0.5) is 11.8 Å². The van der Waals surface area contributed by atoms with Crippen molar-refractivity contribution in [3.05, 3.63) is 48.8 Å². The summed E-state index contributed by atoms with van der Waals surface area (Å²) in [5.74, 6) is 1.02. The average Bonchev–Trinajstić information content (AvgIpc) is 3.57. The fraction of sp³-hybridized carbons (Fsp3) is 0.484. The highest BCUT2D eigenvalue weighted by molar-refractivity contribution is 7.52. The van der Waals surface area contributed by atoms with E-state index in [2.05, 4.69) is 25.4 Å². The van der Waals surface area contributed by atoms with E-state index < -0.39 is 25.6 Å². The van der Waals surface area contributed by atoms with Gasteiger partial charge in [0.1, 0.15) is 23.8 Å². The number of aromatic nitrogens is 4. The molecule has 2 aromatic heterocycles. The lowest BCUT2D eigenvalue weighted by Crippen LogP contribution is -2.47. The van der Waals surface area contributed by atoms with Gasteiger partial charge < -0.3 is 29.8 Å². The Hall–Kier alpha value is -3.61. The number of hydrogen-bond acceptors (Lipinski definition) is 11. The third-order valence-corrected chi connectivity index (χ3v) is 9.10. The van der Waals surface area contributed by atoms with Crippen molar-refractivity contribution in [2.45, 2.75) is 58.9 Å². The number of imidazole rings is 1. The monoisotopic (exact) mass is 639 g/mol. The molecular formula is C31H42N7O6P. The zero-order valence-electron chi connectivity index (χ0n) is 26.5. The minimum Gasteiger partial charge on any atom is -0.412 e. The molecule has 5 rings (SSSR count). The Morgan fingerprint density at radius 3 is 2.62 bits per heavy atom. The van der Waals surface area contributed by atoms with Crippen molar-refractivity contribution in [2.24, 2.45) is 11.3 Å². The van der Waals surface area contributed by atoms with Gasteiger partial charge >= 0.3 is 7.75 Å². The first kappa shape index (κ1) is 32.8. The summed E-state index contributed by atoms with van der Waals surface area (Å²) in [4.78, 5) is 25.4. The van der Waals surface area contributed by atoms with E-state index >= 15 is 0 Å². The summed E-state index contributed by atoms with van der Waals surface area (Å²) < 4.78 is 40.8. The number of ether oxygens (including phenoxy) is 2. The van der Waals surface area contributed by atoms with E-state index in [1.54, 1.807) is 26.4 Å². The molecule has 0 amide bonds. The molecule has 14 heteroatoms. The second-order valence-corrected chi connectivity index (χ2v) is 14.6. The van der Waals surface area contributed by atoms with Crippen molar-refractivity contribution in [3.8, 4) is 5.75 Å². The maximum absolute atomic E-state index is 14.5. The van der Waals surface area contributed by atoms with Crippen molar-refractivity contribution in [3.63, 3.8) is 0 Å². The number of nitrogens with zero attached hydrogens (tertiary/aromatic N) is 4. The fourth-order valence-corrected chi connectivity index (χ4v) is 6.99. The molecule has 0 spiro atoms. The van der Waals surface area contributed by atoms with Gasteiger partial charge in [-0.25, -0.2) is 9.55 Å². The van der Waals surface area contributed by atoms with Crippen molar-refractivity contribution in [2.75, 3.05) is 37.9 Å². The highest BCUT2D eigenvalue weighted by Gasteiger charge is 2.41. The van der Waals surface area contributed by atoms with Crippen molar-refractivity contribution < 1.29 is 27.9 Å². The van der Waals surface area contributed by atoms with E-state index in [0.29, 0.717) is 42.0 Å². The summed E-state index contributed by atoms with van der Waals surface area (Å²) in [5.41, 5.74) is 5.57. The molecule has 13 nitrogen and oxygen atoms in total. The van der Waals surface area contributed by atoms with Crippen LogP contribution in [0.25, 0.3) is 21.9 Å². The maximum Gasteiger partial charge on any atom is 0.459 e. The molecule has 4 N–H and O–H groups in total. The first-order chi connectivity index (χ1) is 21.3. The number of nitrogens with two attached hydrogens (primary N) is 1. The first-order valence-corrected chi connectivity index (χ1v) is 16.4. The number of carbonyl (C=O) groups excluding carboxylic acids is 1. The molecule has 45 heavy (non-hydrogen) atoms. The van der Waals surface area contributed by atoms with Crippen LogP contribution in [0.15, 0.2) is 48.8 Å². The van der Waals surface area contributed by atoms with Gasteiger partial charge in [-0.05, 0) is 30.2 Å². The Bertz CT molecular complexity index is 1700. The molecular weight excluding hydrogens is 597 g/mol. The molecule has 0 bridgehead atoms. The van der Waals surface area contributed by atoms with Crippen molar-refractivity contribution >= 4 is 47.7 Å². The summed E-state index contributed by atoms with van der Waals surface area (Å²) in [5, 5.41) is 7.53. The third-order valence-electron chi connectivity index (χ3n) is 7.39. The molecule has 1 aliphatic heterocycles. The third kappa shape index (κ3) is 7.62. The zero-order valence-corrected chi connectivity index (χ0v) is 27.4. The molecule has 3 heterocycles. The highest BCUT2D eigenvalue weighted by atomic mass is 31.2. The van der Waals surface area contributed by atoms with Crippen LogP contribution in [0.2, 0.25) is 0 Å². The molecule has 5 atom stereocenters. The lowest BCUT2D eigenvalue weighted by atomic mass is 9.98. The first-order valence-electron chi connectivity index (χ1n) is 14.9. The van der Waals surface area contributed by atoms with E-state index in [1.807, 2.05) is 68.7 Å². The molecule has 0 aliphatic carbocycles. The number of nitrogens with one attached hydrogen (secondary N) is 2. The SMILES string of the molecule is CNc1nc(N)nc2c1ncn2[C@@H]1O[C@H](CO[P@@](=O)(N[C@@](C)(C=O)COCC(C)(C)C)Oc2cccc3ccccc23)C[C@@H]1C. The van der Waals surface area contributed by atoms with Gasteiger partial charge in [0.25, 0.3) is 0 Å². The van der Waals surface area contributed by atoms with E-state index in [1.165, 1.54) is 0 Å². The molecule has 1 aliphatic rings. The van der Waals surface area contributed by atoms with Gasteiger partial charge in [0.15, 0.2) is 17.0 Å². The molecule has 1 saturated heterocycles. The molecule has 0 saturated carbocycles. The lowest BCUT2D eigenvalue weighted by molar-refractivity contribution is -0.115. The second kappa shape index (κ2) is 13.0. The number of fused-ring (bicyclic) bond motifs is 2. The van der Waals surface area contributed by atoms with E-state index in [0.717, 1.165) is 10.8 Å². The second-order valence-electron chi connectivity index (χ2n) is 12.9. The number of benzene rings is 2. The lowest BCUT2D eigenvalue weighted by Gasteiger charge is -2.31. The van der Waals surface area contributed by atoms with Gasteiger partial charge in [0.05, 0.1) is 32.3 Å². The summed E-state index contributed by atoms with van der Waals surface area (Å²) in [6.07, 6.45) is 2.03. The van der Waals surface area contributed by atoms with Crippen LogP contribution in [-0.2, 0) is 23.4 Å². The van der Waals surface area contributed by atoms with Crippen molar-refractivity contribution in [1.82, 2.24) is 24.6 Å². The zero-order chi connectivity index (χ0) is 32.4. The van der Waals surface area contributed by atoms with E-state index in [4.69, 9.17) is 24.3 Å². The van der Waals surface area contributed by atoms with Crippen LogP contribution < -0.4 is 20.7 Å². The largest absolute Gasteiger partial charge is 0.459 e. The van der Waals surface area contributed by atoms with Gasteiger partial charge in [0, 0.05) is 18.4 Å². The Morgan fingerprint density at radius 1 is 1.13 bits per heavy atom. The minimum absolute atomic E-state index is 0.0302. The van der Waals surface area contributed by atoms with Crippen LogP contribution in [0.5, 0.6) is 5.75 Å². The number of anilines is 2. The molecule has 1 fully saturated rings. The highest BCUT2D eigenvalue weighted by Crippen LogP contribution is 2.49.